The van der Waals surface area contributed by atoms with Crippen molar-refractivity contribution in [2.75, 3.05) is 7.05 Å². The van der Waals surface area contributed by atoms with E-state index in [0.29, 0.717) is 11.6 Å². The molecule has 0 saturated carbocycles. The van der Waals surface area contributed by atoms with Crippen LogP contribution in [0.25, 0.3) is 0 Å². The molecule has 0 spiro atoms. The van der Waals surface area contributed by atoms with Crippen molar-refractivity contribution < 1.29 is 9.59 Å². The minimum atomic E-state index is -0.564. The van der Waals surface area contributed by atoms with E-state index in [1.165, 1.54) is 11.3 Å². The molecule has 0 aliphatic carbocycles. The third-order valence-electron chi connectivity index (χ3n) is 3.58. The summed E-state index contributed by atoms with van der Waals surface area (Å²) in [6.45, 7) is 4.88. The highest BCUT2D eigenvalue weighted by Crippen LogP contribution is 2.15. The molecule has 3 amide bonds. The molecule has 0 aliphatic heterocycles. The highest BCUT2D eigenvalue weighted by molar-refractivity contribution is 7.09. The van der Waals surface area contributed by atoms with Gasteiger partial charge in [0.15, 0.2) is 0 Å². The van der Waals surface area contributed by atoms with Crippen LogP contribution in [0.5, 0.6) is 0 Å². The smallest absolute Gasteiger partial charge is 0.317 e. The van der Waals surface area contributed by atoms with E-state index in [0.717, 1.165) is 16.7 Å². The Morgan fingerprint density at radius 3 is 2.52 bits per heavy atom. The number of nitrogens with one attached hydrogen (secondary N) is 1. The second kappa shape index (κ2) is 7.23. The molecule has 3 N–H and O–H groups in total. The minimum absolute atomic E-state index is 0.191. The molecule has 0 unspecified atom stereocenters. The molecule has 0 bridgehead atoms. The number of benzene rings is 1. The summed E-state index contributed by atoms with van der Waals surface area (Å²) >= 11 is 1.30. The van der Waals surface area contributed by atoms with Gasteiger partial charge in [-0.05, 0) is 30.5 Å². The minimum Gasteiger partial charge on any atom is -0.364 e. The first kappa shape index (κ1) is 17.0. The predicted molar refractivity (Wildman–Crippen MR) is 90.3 cm³/mol. The number of primary amides is 1. The second-order valence-corrected chi connectivity index (χ2v) is 6.32. The number of rotatable bonds is 5. The maximum Gasteiger partial charge on any atom is 0.317 e. The lowest BCUT2D eigenvalue weighted by Crippen LogP contribution is -2.36. The molecule has 122 valence electrons. The summed E-state index contributed by atoms with van der Waals surface area (Å²) < 4.78 is 0. The van der Waals surface area contributed by atoms with E-state index in [2.05, 4.69) is 10.3 Å². The van der Waals surface area contributed by atoms with Gasteiger partial charge in [-0.15, -0.1) is 11.3 Å². The Hall–Kier alpha value is -2.41. The topological polar surface area (TPSA) is 88.3 Å². The van der Waals surface area contributed by atoms with Gasteiger partial charge in [0.05, 0.1) is 6.54 Å². The largest absolute Gasteiger partial charge is 0.364 e. The van der Waals surface area contributed by atoms with Gasteiger partial charge in [-0.1, -0.05) is 18.2 Å². The maximum absolute atomic E-state index is 12.2. The maximum atomic E-state index is 12.2. The molecular formula is C16H20N4O2S. The highest BCUT2D eigenvalue weighted by Gasteiger charge is 2.13. The van der Waals surface area contributed by atoms with Gasteiger partial charge in [0.1, 0.15) is 10.7 Å². The van der Waals surface area contributed by atoms with Crippen molar-refractivity contribution in [3.63, 3.8) is 0 Å². The molecule has 23 heavy (non-hydrogen) atoms. The van der Waals surface area contributed by atoms with Crippen LogP contribution in [-0.4, -0.2) is 28.9 Å². The number of hydrogen-bond acceptors (Lipinski definition) is 4. The van der Waals surface area contributed by atoms with Crippen molar-refractivity contribution in [1.29, 1.82) is 0 Å². The zero-order valence-electron chi connectivity index (χ0n) is 13.4. The molecule has 0 aliphatic rings. The summed E-state index contributed by atoms with van der Waals surface area (Å²) in [5.41, 5.74) is 8.85. The normalized spacial score (nSPS) is 10.4. The van der Waals surface area contributed by atoms with E-state index >= 15 is 0 Å². The molecule has 1 aromatic heterocycles. The lowest BCUT2D eigenvalue weighted by atomic mass is 10.0. The number of amides is 3. The van der Waals surface area contributed by atoms with E-state index in [1.807, 2.05) is 32.0 Å². The van der Waals surface area contributed by atoms with Crippen LogP contribution in [-0.2, 0) is 13.1 Å². The van der Waals surface area contributed by atoms with Crippen LogP contribution in [0.3, 0.4) is 0 Å². The van der Waals surface area contributed by atoms with Gasteiger partial charge < -0.3 is 16.0 Å². The van der Waals surface area contributed by atoms with Crippen LogP contribution in [0.1, 0.15) is 32.2 Å². The van der Waals surface area contributed by atoms with Crippen molar-refractivity contribution >= 4 is 23.3 Å². The molecule has 2 rings (SSSR count). The molecule has 2 aromatic rings. The van der Waals surface area contributed by atoms with Crippen molar-refractivity contribution in [1.82, 2.24) is 15.2 Å². The summed E-state index contributed by atoms with van der Waals surface area (Å²) in [4.78, 5) is 28.9. The van der Waals surface area contributed by atoms with Crippen molar-refractivity contribution in [3.05, 3.63) is 51.0 Å². The number of carbonyl (C=O) groups excluding carboxylic acids is 2. The van der Waals surface area contributed by atoms with Gasteiger partial charge in [-0.2, -0.15) is 0 Å². The van der Waals surface area contributed by atoms with Gasteiger partial charge >= 0.3 is 6.03 Å². The van der Waals surface area contributed by atoms with Crippen LogP contribution < -0.4 is 11.1 Å². The number of aromatic nitrogens is 1. The molecule has 0 saturated heterocycles. The quantitative estimate of drug-likeness (QED) is 0.880. The Labute approximate surface area is 139 Å². The lowest BCUT2D eigenvalue weighted by Gasteiger charge is -2.20. The number of aryl methyl sites for hydroxylation is 2. The average molecular weight is 332 g/mol. The Morgan fingerprint density at radius 2 is 1.96 bits per heavy atom. The van der Waals surface area contributed by atoms with Crippen molar-refractivity contribution in [2.45, 2.75) is 26.9 Å². The van der Waals surface area contributed by atoms with Gasteiger partial charge in [0.25, 0.3) is 5.91 Å². The molecule has 0 fully saturated rings. The summed E-state index contributed by atoms with van der Waals surface area (Å²) in [6.07, 6.45) is 0. The SMILES string of the molecule is Cc1cccc(C)c1CN(C)C(=O)NCc1nc(C(N)=O)cs1. The zero-order valence-corrected chi connectivity index (χ0v) is 14.2. The van der Waals surface area contributed by atoms with Crippen molar-refractivity contribution in [2.24, 2.45) is 5.73 Å². The summed E-state index contributed by atoms with van der Waals surface area (Å²) in [5.74, 6) is -0.564. The molecule has 0 radical (unpaired) electrons. The van der Waals surface area contributed by atoms with Gasteiger partial charge in [0, 0.05) is 19.0 Å². The van der Waals surface area contributed by atoms with Crippen LogP contribution in [0.15, 0.2) is 23.6 Å². The first-order chi connectivity index (χ1) is 10.9. The molecule has 1 aromatic carbocycles. The van der Waals surface area contributed by atoms with Crippen LogP contribution >= 0.6 is 11.3 Å². The molecule has 7 heteroatoms. The highest BCUT2D eigenvalue weighted by atomic mass is 32.1. The number of thiazole rings is 1. The molecule has 0 atom stereocenters. The predicted octanol–water partition coefficient (Wildman–Crippen LogP) is 2.20. The summed E-state index contributed by atoms with van der Waals surface area (Å²) in [6, 6.07) is 5.89. The lowest BCUT2D eigenvalue weighted by molar-refractivity contribution is 0.0996. The number of urea groups is 1. The monoisotopic (exact) mass is 332 g/mol. The van der Waals surface area contributed by atoms with Gasteiger partial charge in [0.2, 0.25) is 0 Å². The summed E-state index contributed by atoms with van der Waals surface area (Å²) in [7, 11) is 1.75. The molecular weight excluding hydrogens is 312 g/mol. The number of nitrogens with two attached hydrogens (primary N) is 1. The Balaban J connectivity index is 1.93. The summed E-state index contributed by atoms with van der Waals surface area (Å²) in [5, 5.41) is 5.03. The van der Waals surface area contributed by atoms with Crippen LogP contribution in [0.4, 0.5) is 4.79 Å². The second-order valence-electron chi connectivity index (χ2n) is 5.38. The standard InChI is InChI=1S/C16H20N4O2S/c1-10-5-4-6-11(2)12(10)8-20(3)16(22)18-7-14-19-13(9-23-14)15(17)21/h4-6,9H,7-8H2,1-3H3,(H2,17,21)(H,18,22). The Kier molecular flexibility index (Phi) is 5.33. The fraction of sp³-hybridized carbons (Fsp3) is 0.312. The van der Waals surface area contributed by atoms with E-state index in [9.17, 15) is 9.59 Å². The van der Waals surface area contributed by atoms with Gasteiger partial charge in [-0.3, -0.25) is 4.79 Å². The average Bonchev–Trinajstić information content (AvgIpc) is 2.97. The van der Waals surface area contributed by atoms with Gasteiger partial charge in [-0.25, -0.2) is 9.78 Å². The Bertz CT molecular complexity index is 706. The zero-order chi connectivity index (χ0) is 17.0. The third-order valence-corrected chi connectivity index (χ3v) is 4.43. The van der Waals surface area contributed by atoms with Crippen LogP contribution in [0.2, 0.25) is 0 Å². The molecule has 1 heterocycles. The number of nitrogens with zero attached hydrogens (tertiary/aromatic N) is 2. The van der Waals surface area contributed by atoms with Crippen LogP contribution in [0, 0.1) is 13.8 Å². The fourth-order valence-corrected chi connectivity index (χ4v) is 2.92. The van der Waals surface area contributed by atoms with Crippen molar-refractivity contribution in [3.8, 4) is 0 Å². The third kappa shape index (κ3) is 4.29. The van der Waals surface area contributed by atoms with E-state index < -0.39 is 5.91 Å². The molecule has 6 nitrogen and oxygen atoms in total. The number of carbonyl (C=O) groups is 2. The van der Waals surface area contributed by atoms with E-state index in [4.69, 9.17) is 5.73 Å². The van der Waals surface area contributed by atoms with E-state index in [-0.39, 0.29) is 18.3 Å². The fourth-order valence-electron chi connectivity index (χ4n) is 2.20. The Morgan fingerprint density at radius 1 is 1.30 bits per heavy atom. The number of hydrogen-bond donors (Lipinski definition) is 2. The first-order valence-electron chi connectivity index (χ1n) is 7.16. The van der Waals surface area contributed by atoms with E-state index in [1.54, 1.807) is 17.3 Å². The first-order valence-corrected chi connectivity index (χ1v) is 8.04.